The number of rotatable bonds is 5. The van der Waals surface area contributed by atoms with Crippen molar-refractivity contribution in [2.45, 2.75) is 26.3 Å². The lowest BCUT2D eigenvalue weighted by Gasteiger charge is -2.33. The summed E-state index contributed by atoms with van der Waals surface area (Å²) in [6.45, 7) is 5.31. The number of halogens is 2. The van der Waals surface area contributed by atoms with E-state index in [1.807, 2.05) is 60.0 Å². The molecule has 0 spiro atoms. The smallest absolute Gasteiger partial charge is 0.254 e. The quantitative estimate of drug-likeness (QED) is 0.638. The van der Waals surface area contributed by atoms with E-state index >= 15 is 0 Å². The molecule has 30 heavy (non-hydrogen) atoms. The van der Waals surface area contributed by atoms with Crippen LogP contribution in [0, 0.1) is 5.92 Å². The molecule has 1 aliphatic rings. The topological polar surface area (TPSA) is 63.1 Å². The van der Waals surface area contributed by atoms with Gasteiger partial charge < -0.3 is 10.2 Å². The number of aromatic nitrogens is 3. The van der Waals surface area contributed by atoms with Gasteiger partial charge in [0.15, 0.2) is 5.65 Å². The highest BCUT2D eigenvalue weighted by Gasteiger charge is 2.26. The Kier molecular flexibility index (Phi) is 8.65. The van der Waals surface area contributed by atoms with Gasteiger partial charge in [0.25, 0.3) is 5.91 Å². The third kappa shape index (κ3) is 4.77. The molecular formula is C22H29Cl2N5O. The highest BCUT2D eigenvalue weighted by Crippen LogP contribution is 2.27. The predicted molar refractivity (Wildman–Crippen MR) is 126 cm³/mol. The van der Waals surface area contributed by atoms with Crippen molar-refractivity contribution >= 4 is 41.8 Å². The maximum absolute atomic E-state index is 13.5. The molecule has 6 nitrogen and oxygen atoms in total. The third-order valence-electron chi connectivity index (χ3n) is 5.51. The number of fused-ring (bicyclic) bond motifs is 1. The minimum atomic E-state index is 0. The van der Waals surface area contributed by atoms with Gasteiger partial charge in [-0.05, 0) is 45.3 Å². The number of benzene rings is 1. The van der Waals surface area contributed by atoms with E-state index in [1.54, 1.807) is 6.20 Å². The zero-order chi connectivity index (χ0) is 19.5. The second kappa shape index (κ2) is 10.8. The number of piperidine rings is 1. The van der Waals surface area contributed by atoms with Gasteiger partial charge in [-0.2, -0.15) is 5.10 Å². The summed E-state index contributed by atoms with van der Waals surface area (Å²) in [5, 5.41) is 8.54. The monoisotopic (exact) mass is 449 g/mol. The lowest BCUT2D eigenvalue weighted by atomic mass is 9.97. The number of likely N-dealkylation sites (tertiary alicyclic amines) is 1. The molecule has 1 atom stereocenters. The fraction of sp³-hybridized carbons (Fsp3) is 0.409. The van der Waals surface area contributed by atoms with Crippen molar-refractivity contribution in [2.75, 3.05) is 26.7 Å². The van der Waals surface area contributed by atoms with Gasteiger partial charge in [0.2, 0.25) is 0 Å². The number of hydrogen-bond acceptors (Lipinski definition) is 4. The van der Waals surface area contributed by atoms with Crippen LogP contribution in [0.5, 0.6) is 0 Å². The second-order valence-corrected chi connectivity index (χ2v) is 7.44. The Labute approximate surface area is 189 Å². The van der Waals surface area contributed by atoms with Gasteiger partial charge >= 0.3 is 0 Å². The summed E-state index contributed by atoms with van der Waals surface area (Å²) in [5.41, 5.74) is 3.30. The number of aryl methyl sites for hydroxylation is 1. The minimum absolute atomic E-state index is 0. The lowest BCUT2D eigenvalue weighted by molar-refractivity contribution is 0.0676. The van der Waals surface area contributed by atoms with Crippen LogP contribution in [0.15, 0.2) is 42.6 Å². The van der Waals surface area contributed by atoms with E-state index in [-0.39, 0.29) is 30.7 Å². The summed E-state index contributed by atoms with van der Waals surface area (Å²) in [7, 11) is 1.97. The number of carbonyl (C=O) groups excluding carboxylic acids is 1. The molecule has 1 unspecified atom stereocenters. The van der Waals surface area contributed by atoms with Gasteiger partial charge in [0.1, 0.15) is 0 Å². The molecule has 4 rings (SSSR count). The van der Waals surface area contributed by atoms with Crippen LogP contribution >= 0.6 is 24.8 Å². The van der Waals surface area contributed by atoms with E-state index < -0.39 is 0 Å². The van der Waals surface area contributed by atoms with E-state index in [4.69, 9.17) is 4.98 Å². The van der Waals surface area contributed by atoms with Crippen LogP contribution in [0.3, 0.4) is 0 Å². The molecule has 0 aliphatic carbocycles. The van der Waals surface area contributed by atoms with Crippen molar-refractivity contribution in [1.29, 1.82) is 0 Å². The summed E-state index contributed by atoms with van der Waals surface area (Å²) in [6, 6.07) is 12.0. The Morgan fingerprint density at radius 1 is 1.23 bits per heavy atom. The maximum atomic E-state index is 13.5. The number of carbonyl (C=O) groups is 1. The number of nitrogens with zero attached hydrogens (tertiary/aromatic N) is 4. The fourth-order valence-electron chi connectivity index (χ4n) is 4.09. The van der Waals surface area contributed by atoms with E-state index in [0.717, 1.165) is 54.9 Å². The highest BCUT2D eigenvalue weighted by molar-refractivity contribution is 6.06. The van der Waals surface area contributed by atoms with Crippen molar-refractivity contribution in [3.05, 3.63) is 48.2 Å². The van der Waals surface area contributed by atoms with Crippen LogP contribution in [0.2, 0.25) is 0 Å². The van der Waals surface area contributed by atoms with Gasteiger partial charge in [0, 0.05) is 25.2 Å². The first kappa shape index (κ1) is 24.1. The van der Waals surface area contributed by atoms with Crippen LogP contribution < -0.4 is 5.32 Å². The maximum Gasteiger partial charge on any atom is 0.254 e. The molecule has 0 radical (unpaired) electrons. The van der Waals surface area contributed by atoms with Crippen molar-refractivity contribution in [1.82, 2.24) is 25.0 Å². The molecule has 1 aliphatic heterocycles. The van der Waals surface area contributed by atoms with Gasteiger partial charge in [-0.25, -0.2) is 9.67 Å². The summed E-state index contributed by atoms with van der Waals surface area (Å²) in [6.07, 6.45) is 3.99. The Morgan fingerprint density at radius 2 is 2.00 bits per heavy atom. The SMILES string of the molecule is CCn1ncc2c(C(=O)N3CCCC(CNC)C3)cc(-c3ccccc3)nc21.Cl.Cl. The number of hydrogen-bond donors (Lipinski definition) is 1. The molecule has 0 bridgehead atoms. The van der Waals surface area contributed by atoms with E-state index in [9.17, 15) is 4.79 Å². The molecule has 1 fully saturated rings. The zero-order valence-electron chi connectivity index (χ0n) is 17.4. The van der Waals surface area contributed by atoms with Crippen molar-refractivity contribution < 1.29 is 4.79 Å². The van der Waals surface area contributed by atoms with E-state index in [0.29, 0.717) is 11.5 Å². The predicted octanol–water partition coefficient (Wildman–Crippen LogP) is 4.03. The van der Waals surface area contributed by atoms with Gasteiger partial charge in [-0.3, -0.25) is 4.79 Å². The molecule has 1 saturated heterocycles. The highest BCUT2D eigenvalue weighted by atomic mass is 35.5. The van der Waals surface area contributed by atoms with Crippen molar-refractivity contribution in [3.8, 4) is 11.3 Å². The molecule has 162 valence electrons. The Bertz CT molecular complexity index is 974. The molecule has 8 heteroatoms. The van der Waals surface area contributed by atoms with Gasteiger partial charge in [-0.1, -0.05) is 30.3 Å². The summed E-state index contributed by atoms with van der Waals surface area (Å²) in [5.74, 6) is 0.591. The molecule has 3 heterocycles. The first-order valence-electron chi connectivity index (χ1n) is 10.1. The third-order valence-corrected chi connectivity index (χ3v) is 5.51. The Balaban J connectivity index is 0.00000160. The van der Waals surface area contributed by atoms with Gasteiger partial charge in [0.05, 0.1) is 22.8 Å². The molecule has 1 N–H and O–H groups in total. The molecule has 0 saturated carbocycles. The van der Waals surface area contributed by atoms with Crippen LogP contribution in [0.4, 0.5) is 0 Å². The fourth-order valence-corrected chi connectivity index (χ4v) is 4.09. The Hall–Kier alpha value is -2.15. The number of pyridine rings is 1. The molecule has 3 aromatic rings. The zero-order valence-corrected chi connectivity index (χ0v) is 19.0. The Morgan fingerprint density at radius 3 is 2.70 bits per heavy atom. The van der Waals surface area contributed by atoms with Crippen LogP contribution in [0.25, 0.3) is 22.3 Å². The largest absolute Gasteiger partial charge is 0.338 e. The van der Waals surface area contributed by atoms with Crippen molar-refractivity contribution in [2.24, 2.45) is 5.92 Å². The van der Waals surface area contributed by atoms with Crippen molar-refractivity contribution in [3.63, 3.8) is 0 Å². The van der Waals surface area contributed by atoms with E-state index in [2.05, 4.69) is 10.4 Å². The first-order chi connectivity index (χ1) is 13.7. The molecule has 1 amide bonds. The molecule has 2 aromatic heterocycles. The van der Waals surface area contributed by atoms with Gasteiger partial charge in [-0.15, -0.1) is 24.8 Å². The first-order valence-corrected chi connectivity index (χ1v) is 10.1. The standard InChI is InChI=1S/C22H27N5O.2ClH/c1-3-27-21-19(14-24-27)18(12-20(25-21)17-9-5-4-6-10-17)22(28)26-11-7-8-16(15-26)13-23-2;;/h4-6,9-10,12,14,16,23H,3,7-8,11,13,15H2,1-2H3;2*1H. The summed E-state index contributed by atoms with van der Waals surface area (Å²) in [4.78, 5) is 20.3. The molecular weight excluding hydrogens is 421 g/mol. The normalized spacial score (nSPS) is 16.1. The number of nitrogens with one attached hydrogen (secondary N) is 1. The summed E-state index contributed by atoms with van der Waals surface area (Å²) < 4.78 is 1.86. The second-order valence-electron chi connectivity index (χ2n) is 7.44. The average Bonchev–Trinajstić information content (AvgIpc) is 3.17. The average molecular weight is 450 g/mol. The van der Waals surface area contributed by atoms with Crippen LogP contribution in [0.1, 0.15) is 30.1 Å². The number of amides is 1. The lowest BCUT2D eigenvalue weighted by Crippen LogP contribution is -2.42. The van der Waals surface area contributed by atoms with Crippen LogP contribution in [-0.2, 0) is 6.54 Å². The van der Waals surface area contributed by atoms with Crippen LogP contribution in [-0.4, -0.2) is 52.3 Å². The molecule has 1 aromatic carbocycles. The summed E-state index contributed by atoms with van der Waals surface area (Å²) >= 11 is 0. The minimum Gasteiger partial charge on any atom is -0.338 e. The van der Waals surface area contributed by atoms with E-state index in [1.165, 1.54) is 6.42 Å².